The molecule has 4 heteroatoms. The zero-order valence-electron chi connectivity index (χ0n) is 10.2. The van der Waals surface area contributed by atoms with Crippen LogP contribution in [0.2, 0.25) is 5.02 Å². The van der Waals surface area contributed by atoms with E-state index in [-0.39, 0.29) is 17.9 Å². The first-order chi connectivity index (χ1) is 8.00. The molecule has 2 atom stereocenters. The number of halogens is 1. The second-order valence-electron chi connectivity index (χ2n) is 4.32. The predicted octanol–water partition coefficient (Wildman–Crippen LogP) is 1.98. The zero-order valence-corrected chi connectivity index (χ0v) is 11.0. The Hall–Kier alpha value is -1.06. The van der Waals surface area contributed by atoms with Crippen LogP contribution in [0, 0.1) is 5.92 Å². The number of carbonyl (C=O) groups is 1. The SMILES string of the molecule is CC(N)C(C)C(=O)NCCc1cccc(Cl)c1. The normalized spacial score (nSPS) is 14.1. The maximum Gasteiger partial charge on any atom is 0.224 e. The Bertz CT molecular complexity index is 379. The Morgan fingerprint density at radius 3 is 2.76 bits per heavy atom. The highest BCUT2D eigenvalue weighted by atomic mass is 35.5. The van der Waals surface area contributed by atoms with Crippen molar-refractivity contribution in [2.75, 3.05) is 6.54 Å². The van der Waals surface area contributed by atoms with Crippen LogP contribution in [0.25, 0.3) is 0 Å². The summed E-state index contributed by atoms with van der Waals surface area (Å²) >= 11 is 5.87. The molecule has 0 aromatic heterocycles. The van der Waals surface area contributed by atoms with E-state index in [1.807, 2.05) is 38.1 Å². The number of benzene rings is 1. The summed E-state index contributed by atoms with van der Waals surface area (Å²) in [6.45, 7) is 4.27. The zero-order chi connectivity index (χ0) is 12.8. The molecule has 0 saturated heterocycles. The van der Waals surface area contributed by atoms with Gasteiger partial charge in [0.05, 0.1) is 0 Å². The van der Waals surface area contributed by atoms with E-state index in [0.29, 0.717) is 6.54 Å². The first kappa shape index (κ1) is 14.0. The van der Waals surface area contributed by atoms with Crippen LogP contribution >= 0.6 is 11.6 Å². The minimum Gasteiger partial charge on any atom is -0.355 e. The van der Waals surface area contributed by atoms with Crippen molar-refractivity contribution in [1.82, 2.24) is 5.32 Å². The minimum absolute atomic E-state index is 0.00188. The van der Waals surface area contributed by atoms with E-state index in [0.717, 1.165) is 17.0 Å². The Morgan fingerprint density at radius 1 is 1.47 bits per heavy atom. The molecule has 1 aromatic carbocycles. The monoisotopic (exact) mass is 254 g/mol. The fourth-order valence-electron chi connectivity index (χ4n) is 1.42. The lowest BCUT2D eigenvalue weighted by Crippen LogP contribution is -2.39. The van der Waals surface area contributed by atoms with Crippen LogP contribution in [0.3, 0.4) is 0 Å². The summed E-state index contributed by atoms with van der Waals surface area (Å²) in [5.74, 6) is -0.156. The molecule has 0 bridgehead atoms. The molecule has 1 rings (SSSR count). The van der Waals surface area contributed by atoms with Crippen molar-refractivity contribution in [3.8, 4) is 0 Å². The second-order valence-corrected chi connectivity index (χ2v) is 4.76. The summed E-state index contributed by atoms with van der Waals surface area (Å²) in [6.07, 6.45) is 0.776. The lowest BCUT2D eigenvalue weighted by Gasteiger charge is -2.15. The average Bonchev–Trinajstić information content (AvgIpc) is 2.27. The second kappa shape index (κ2) is 6.62. The molecule has 94 valence electrons. The highest BCUT2D eigenvalue weighted by Gasteiger charge is 2.15. The van der Waals surface area contributed by atoms with Crippen LogP contribution in [0.4, 0.5) is 0 Å². The van der Waals surface area contributed by atoms with Gasteiger partial charge in [-0.15, -0.1) is 0 Å². The molecule has 1 amide bonds. The average molecular weight is 255 g/mol. The molecule has 0 fully saturated rings. The fraction of sp³-hybridized carbons (Fsp3) is 0.462. The fourth-order valence-corrected chi connectivity index (χ4v) is 1.64. The van der Waals surface area contributed by atoms with Gasteiger partial charge >= 0.3 is 0 Å². The molecule has 0 aliphatic rings. The topological polar surface area (TPSA) is 55.1 Å². The molecule has 3 nitrogen and oxygen atoms in total. The van der Waals surface area contributed by atoms with Crippen LogP contribution < -0.4 is 11.1 Å². The Kier molecular flexibility index (Phi) is 5.45. The number of carbonyl (C=O) groups excluding carboxylic acids is 1. The highest BCUT2D eigenvalue weighted by molar-refractivity contribution is 6.30. The Labute approximate surface area is 107 Å². The number of rotatable bonds is 5. The number of hydrogen-bond acceptors (Lipinski definition) is 2. The van der Waals surface area contributed by atoms with Gasteiger partial charge in [-0.2, -0.15) is 0 Å². The van der Waals surface area contributed by atoms with Crippen LogP contribution in [-0.4, -0.2) is 18.5 Å². The van der Waals surface area contributed by atoms with Crippen LogP contribution in [-0.2, 0) is 11.2 Å². The van der Waals surface area contributed by atoms with Crippen molar-refractivity contribution in [1.29, 1.82) is 0 Å². The molecule has 3 N–H and O–H groups in total. The summed E-state index contributed by atoms with van der Waals surface area (Å²) in [7, 11) is 0. The predicted molar refractivity (Wildman–Crippen MR) is 71.0 cm³/mol. The molecule has 0 radical (unpaired) electrons. The summed E-state index contributed by atoms with van der Waals surface area (Å²) in [6, 6.07) is 7.52. The first-order valence-electron chi connectivity index (χ1n) is 5.78. The van der Waals surface area contributed by atoms with Gasteiger partial charge in [0, 0.05) is 23.5 Å². The molecule has 0 spiro atoms. The quantitative estimate of drug-likeness (QED) is 0.844. The van der Waals surface area contributed by atoms with E-state index in [1.54, 1.807) is 0 Å². The van der Waals surface area contributed by atoms with Gasteiger partial charge in [0.15, 0.2) is 0 Å². The molecular weight excluding hydrogens is 236 g/mol. The van der Waals surface area contributed by atoms with Crippen molar-refractivity contribution in [3.63, 3.8) is 0 Å². The maximum atomic E-state index is 11.6. The van der Waals surface area contributed by atoms with Gasteiger partial charge in [0.2, 0.25) is 5.91 Å². The van der Waals surface area contributed by atoms with Gasteiger partial charge in [0.25, 0.3) is 0 Å². The molecule has 0 aliphatic heterocycles. The van der Waals surface area contributed by atoms with Gasteiger partial charge in [-0.05, 0) is 31.0 Å². The molecule has 1 aromatic rings. The number of nitrogens with two attached hydrogens (primary N) is 1. The smallest absolute Gasteiger partial charge is 0.224 e. The molecule has 2 unspecified atom stereocenters. The van der Waals surface area contributed by atoms with Crippen LogP contribution in [0.15, 0.2) is 24.3 Å². The number of nitrogens with one attached hydrogen (secondary N) is 1. The lowest BCUT2D eigenvalue weighted by molar-refractivity contribution is -0.124. The summed E-state index contributed by atoms with van der Waals surface area (Å²) in [4.78, 5) is 11.6. The Balaban J connectivity index is 2.35. The van der Waals surface area contributed by atoms with Gasteiger partial charge in [-0.25, -0.2) is 0 Å². The summed E-state index contributed by atoms with van der Waals surface area (Å²) in [5.41, 5.74) is 6.78. The largest absolute Gasteiger partial charge is 0.355 e. The Morgan fingerprint density at radius 2 is 2.18 bits per heavy atom. The van der Waals surface area contributed by atoms with Gasteiger partial charge in [-0.1, -0.05) is 30.7 Å². The molecule has 0 aliphatic carbocycles. The standard InChI is InChI=1S/C13H19ClN2O/c1-9(10(2)15)13(17)16-7-6-11-4-3-5-12(14)8-11/h3-5,8-10H,6-7,15H2,1-2H3,(H,16,17). The highest BCUT2D eigenvalue weighted by Crippen LogP contribution is 2.10. The molecule has 0 heterocycles. The molecular formula is C13H19ClN2O. The van der Waals surface area contributed by atoms with Crippen molar-refractivity contribution >= 4 is 17.5 Å². The third-order valence-electron chi connectivity index (χ3n) is 2.80. The van der Waals surface area contributed by atoms with E-state index >= 15 is 0 Å². The van der Waals surface area contributed by atoms with Crippen LogP contribution in [0.1, 0.15) is 19.4 Å². The maximum absolute atomic E-state index is 11.6. The van der Waals surface area contributed by atoms with E-state index in [2.05, 4.69) is 5.32 Å². The van der Waals surface area contributed by atoms with E-state index in [9.17, 15) is 4.79 Å². The van der Waals surface area contributed by atoms with Crippen molar-refractivity contribution in [2.45, 2.75) is 26.3 Å². The molecule has 0 saturated carbocycles. The van der Waals surface area contributed by atoms with Crippen molar-refractivity contribution < 1.29 is 4.79 Å². The third-order valence-corrected chi connectivity index (χ3v) is 3.04. The van der Waals surface area contributed by atoms with Crippen molar-refractivity contribution in [2.24, 2.45) is 11.7 Å². The first-order valence-corrected chi connectivity index (χ1v) is 6.16. The van der Waals surface area contributed by atoms with Crippen molar-refractivity contribution in [3.05, 3.63) is 34.9 Å². The summed E-state index contributed by atoms with van der Waals surface area (Å²) in [5, 5.41) is 3.59. The number of amides is 1. The summed E-state index contributed by atoms with van der Waals surface area (Å²) < 4.78 is 0. The van der Waals surface area contributed by atoms with Gasteiger partial charge in [-0.3, -0.25) is 4.79 Å². The van der Waals surface area contributed by atoms with E-state index in [1.165, 1.54) is 0 Å². The van der Waals surface area contributed by atoms with E-state index < -0.39 is 0 Å². The third kappa shape index (κ3) is 4.75. The minimum atomic E-state index is -0.158. The number of hydrogen-bond donors (Lipinski definition) is 2. The lowest BCUT2D eigenvalue weighted by atomic mass is 10.0. The van der Waals surface area contributed by atoms with Gasteiger partial charge < -0.3 is 11.1 Å². The van der Waals surface area contributed by atoms with Crippen LogP contribution in [0.5, 0.6) is 0 Å². The van der Waals surface area contributed by atoms with E-state index in [4.69, 9.17) is 17.3 Å². The molecule has 17 heavy (non-hydrogen) atoms. The van der Waals surface area contributed by atoms with Gasteiger partial charge in [0.1, 0.15) is 0 Å².